The molecule has 0 bridgehead atoms. The highest BCUT2D eigenvalue weighted by molar-refractivity contribution is 9.10. The lowest BCUT2D eigenvalue weighted by Gasteiger charge is -2.30. The maximum absolute atomic E-state index is 14.2. The number of fused-ring (bicyclic) bond motifs is 1. The van der Waals surface area contributed by atoms with Crippen LogP contribution in [0.3, 0.4) is 0 Å². The van der Waals surface area contributed by atoms with Crippen molar-refractivity contribution >= 4 is 50.5 Å². The molecule has 0 spiro atoms. The predicted molar refractivity (Wildman–Crippen MR) is 209 cm³/mol. The highest BCUT2D eigenvalue weighted by Crippen LogP contribution is 2.31. The van der Waals surface area contributed by atoms with Gasteiger partial charge in [0.2, 0.25) is 11.9 Å². The van der Waals surface area contributed by atoms with Crippen LogP contribution in [-0.2, 0) is 27.8 Å². The molecule has 1 amide bonds. The average Bonchev–Trinajstić information content (AvgIpc) is 3.78. The fourth-order valence-electron chi connectivity index (χ4n) is 6.68. The van der Waals surface area contributed by atoms with Gasteiger partial charge >= 0.3 is 5.97 Å². The maximum Gasteiger partial charge on any atom is 0.305 e. The largest absolute Gasteiger partial charge is 0.465 e. The highest BCUT2D eigenvalue weighted by Gasteiger charge is 2.35. The normalized spacial score (nSPS) is 14.3. The molecule has 2 atom stereocenters. The number of hydrogen-bond donors (Lipinski definition) is 1. The summed E-state index contributed by atoms with van der Waals surface area (Å²) in [7, 11) is 1.95. The monoisotopic (exact) mass is 763 g/mol. The lowest BCUT2D eigenvalue weighted by molar-refractivity contribution is -0.148. The minimum Gasteiger partial charge on any atom is -0.465 e. The summed E-state index contributed by atoms with van der Waals surface area (Å²) in [4.78, 5) is 46.6. The van der Waals surface area contributed by atoms with Gasteiger partial charge in [0.1, 0.15) is 5.52 Å². The second-order valence-electron chi connectivity index (χ2n) is 13.7. The van der Waals surface area contributed by atoms with Gasteiger partial charge in [0.05, 0.1) is 35.2 Å². The van der Waals surface area contributed by atoms with E-state index in [9.17, 15) is 9.59 Å². The van der Waals surface area contributed by atoms with Crippen LogP contribution in [0, 0.1) is 11.8 Å². The van der Waals surface area contributed by atoms with Crippen LogP contribution in [0.2, 0.25) is 0 Å². The van der Waals surface area contributed by atoms with E-state index in [0.717, 1.165) is 52.6 Å². The number of aryl methyl sites for hydroxylation is 1. The first-order valence-electron chi connectivity index (χ1n) is 19.2. The molecule has 0 fully saturated rings. The average molecular weight is 765 g/mol. The van der Waals surface area contributed by atoms with E-state index in [0.29, 0.717) is 38.3 Å². The zero-order valence-electron chi connectivity index (χ0n) is 31.0. The summed E-state index contributed by atoms with van der Waals surface area (Å²) in [5, 5.41) is 3.35. The predicted octanol–water partition coefficient (Wildman–Crippen LogP) is 9.20. The Kier molecular flexibility index (Phi) is 17.6. The molecule has 1 aromatic carbocycles. The summed E-state index contributed by atoms with van der Waals surface area (Å²) in [6.45, 7) is 5.45. The van der Waals surface area contributed by atoms with Gasteiger partial charge in [-0.05, 0) is 73.0 Å². The summed E-state index contributed by atoms with van der Waals surface area (Å²) in [6.07, 6.45) is 29.0. The third-order valence-electron chi connectivity index (χ3n) is 9.75. The van der Waals surface area contributed by atoms with Crippen molar-refractivity contribution in [1.29, 1.82) is 0 Å². The van der Waals surface area contributed by atoms with E-state index in [1.54, 1.807) is 23.6 Å². The SMILES string of the molecule is CCCCCCCC/C=C\CCCCCCCC(=O)OC[C@H](Cc1cncn1C)C(CC)C(=O)N1CCN=C1Nc1ccc2nccnc2c1Br. The molecule has 1 N–H and O–H groups in total. The first-order valence-corrected chi connectivity index (χ1v) is 20.0. The van der Waals surface area contributed by atoms with Gasteiger partial charge in [0, 0.05) is 56.1 Å². The molecule has 1 aliphatic heterocycles. The molecule has 4 rings (SSSR count). The van der Waals surface area contributed by atoms with E-state index in [4.69, 9.17) is 4.74 Å². The van der Waals surface area contributed by atoms with Crippen molar-refractivity contribution in [2.75, 3.05) is 25.0 Å². The van der Waals surface area contributed by atoms with Crippen LogP contribution >= 0.6 is 15.9 Å². The Labute approximate surface area is 313 Å². The molecule has 11 heteroatoms. The van der Waals surface area contributed by atoms with Gasteiger partial charge in [-0.2, -0.15) is 0 Å². The molecule has 0 saturated heterocycles. The Morgan fingerprint density at radius 3 is 2.37 bits per heavy atom. The number of imidazole rings is 1. The van der Waals surface area contributed by atoms with Crippen LogP contribution in [0.5, 0.6) is 0 Å². The number of nitrogens with zero attached hydrogens (tertiary/aromatic N) is 6. The van der Waals surface area contributed by atoms with Crippen molar-refractivity contribution in [3.8, 4) is 0 Å². The molecule has 10 nitrogen and oxygen atoms in total. The molecule has 0 aliphatic carbocycles. The van der Waals surface area contributed by atoms with E-state index in [1.807, 2.05) is 36.9 Å². The number of aliphatic imine (C=N–C) groups is 1. The molecule has 2 aromatic heterocycles. The maximum atomic E-state index is 14.2. The number of rotatable bonds is 23. The van der Waals surface area contributed by atoms with E-state index in [-0.39, 0.29) is 30.3 Å². The topological polar surface area (TPSA) is 115 Å². The molecule has 0 radical (unpaired) electrons. The van der Waals surface area contributed by atoms with Crippen LogP contribution in [-0.4, -0.2) is 62.0 Å². The van der Waals surface area contributed by atoms with E-state index in [1.165, 1.54) is 57.8 Å². The third-order valence-corrected chi connectivity index (χ3v) is 10.5. The molecular weight excluding hydrogens is 706 g/mol. The summed E-state index contributed by atoms with van der Waals surface area (Å²) in [6, 6.07) is 3.80. The molecule has 1 aliphatic rings. The number of halogens is 1. The van der Waals surface area contributed by atoms with Crippen LogP contribution in [0.15, 0.2) is 58.7 Å². The van der Waals surface area contributed by atoms with Crippen LogP contribution < -0.4 is 5.32 Å². The molecule has 3 aromatic rings. The zero-order chi connectivity index (χ0) is 36.3. The minimum absolute atomic E-state index is 0.0292. The van der Waals surface area contributed by atoms with Gasteiger partial charge in [-0.1, -0.05) is 77.4 Å². The van der Waals surface area contributed by atoms with Crippen LogP contribution in [0.1, 0.15) is 116 Å². The number of carbonyl (C=O) groups is 2. The van der Waals surface area contributed by atoms with Crippen molar-refractivity contribution in [3.63, 3.8) is 0 Å². The highest BCUT2D eigenvalue weighted by atomic mass is 79.9. The number of benzene rings is 1. The van der Waals surface area contributed by atoms with Crippen LogP contribution in [0.4, 0.5) is 5.69 Å². The molecule has 1 unspecified atom stereocenters. The number of aromatic nitrogens is 4. The van der Waals surface area contributed by atoms with Gasteiger partial charge in [0.15, 0.2) is 0 Å². The fourth-order valence-corrected chi connectivity index (χ4v) is 7.21. The third kappa shape index (κ3) is 12.8. The zero-order valence-corrected chi connectivity index (χ0v) is 32.6. The van der Waals surface area contributed by atoms with Gasteiger partial charge in [0.25, 0.3) is 0 Å². The number of allylic oxidation sites excluding steroid dienone is 2. The molecule has 278 valence electrons. The van der Waals surface area contributed by atoms with Gasteiger partial charge in [-0.15, -0.1) is 0 Å². The summed E-state index contributed by atoms with van der Waals surface area (Å²) >= 11 is 3.66. The van der Waals surface area contributed by atoms with E-state index in [2.05, 4.69) is 60.3 Å². The molecular formula is C40H58BrN7O3. The Balaban J connectivity index is 1.23. The second-order valence-corrected chi connectivity index (χ2v) is 14.5. The van der Waals surface area contributed by atoms with Crippen molar-refractivity contribution in [2.24, 2.45) is 23.9 Å². The Morgan fingerprint density at radius 2 is 1.67 bits per heavy atom. The van der Waals surface area contributed by atoms with Gasteiger partial charge in [-0.25, -0.2) is 4.98 Å². The number of amides is 1. The number of guanidine groups is 1. The fraction of sp³-hybridized carbons (Fsp3) is 0.600. The first-order chi connectivity index (χ1) is 24.9. The Morgan fingerprint density at radius 1 is 0.961 bits per heavy atom. The Hall–Kier alpha value is -3.60. The number of ether oxygens (including phenoxy) is 1. The van der Waals surface area contributed by atoms with Crippen molar-refractivity contribution in [1.82, 2.24) is 24.4 Å². The van der Waals surface area contributed by atoms with E-state index < -0.39 is 0 Å². The Bertz CT molecular complexity index is 1570. The number of esters is 1. The minimum atomic E-state index is -0.372. The quantitative estimate of drug-likeness (QED) is 0.0582. The second kappa shape index (κ2) is 22.4. The smallest absolute Gasteiger partial charge is 0.305 e. The first kappa shape index (κ1) is 40.2. The summed E-state index contributed by atoms with van der Waals surface area (Å²) in [5.74, 6) is -0.301. The molecule has 51 heavy (non-hydrogen) atoms. The number of unbranched alkanes of at least 4 members (excludes halogenated alkanes) is 11. The van der Waals surface area contributed by atoms with Crippen molar-refractivity contribution < 1.29 is 14.3 Å². The number of nitrogens with one attached hydrogen (secondary N) is 1. The lowest BCUT2D eigenvalue weighted by Crippen LogP contribution is -2.45. The number of carbonyl (C=O) groups excluding carboxylic acids is 2. The number of anilines is 1. The summed E-state index contributed by atoms with van der Waals surface area (Å²) in [5.41, 5.74) is 3.25. The molecule has 3 heterocycles. The summed E-state index contributed by atoms with van der Waals surface area (Å²) < 4.78 is 8.59. The van der Waals surface area contributed by atoms with Gasteiger partial charge in [-0.3, -0.25) is 29.4 Å². The van der Waals surface area contributed by atoms with Crippen LogP contribution in [0.25, 0.3) is 11.0 Å². The molecule has 0 saturated carbocycles. The van der Waals surface area contributed by atoms with E-state index >= 15 is 0 Å². The van der Waals surface area contributed by atoms with Gasteiger partial charge < -0.3 is 14.6 Å². The standard InChI is InChI=1S/C40H58BrN7O3/c1-4-6-7-8-9-10-11-12-13-14-15-16-17-18-19-20-36(49)51-29-31(27-32-28-42-30-47(32)3)33(5-2)39(50)48-26-25-45-40(48)46-34-21-22-35-38(37(34)41)44-24-23-43-35/h12-13,21-24,28,30-31,33H,4-11,14-20,25-27,29H2,1-3H3,(H,45,46)/b13-12-/t31-,33?/m0/s1. The lowest BCUT2D eigenvalue weighted by atomic mass is 9.85. The van der Waals surface area contributed by atoms with Crippen molar-refractivity contribution in [2.45, 2.75) is 117 Å². The number of hydrogen-bond acceptors (Lipinski definition) is 8. The van der Waals surface area contributed by atoms with Crippen molar-refractivity contribution in [3.05, 3.63) is 59.4 Å².